The number of nitrogens with one attached hydrogen (secondary N) is 3. The molecule has 2 atom stereocenters. The topological polar surface area (TPSA) is 134 Å². The van der Waals surface area contributed by atoms with Gasteiger partial charge in [-0.25, -0.2) is 18.4 Å². The van der Waals surface area contributed by atoms with Gasteiger partial charge in [-0.15, -0.1) is 11.3 Å². The molecule has 0 saturated heterocycles. The molecule has 0 aromatic carbocycles. The fraction of sp³-hybridized carbons (Fsp3) is 0.455. The van der Waals surface area contributed by atoms with E-state index in [1.54, 1.807) is 31.5 Å². The lowest BCUT2D eigenvalue weighted by molar-refractivity contribution is 0.0910. The van der Waals surface area contributed by atoms with Gasteiger partial charge in [-0.05, 0) is 31.4 Å². The molecule has 0 aliphatic heterocycles. The van der Waals surface area contributed by atoms with Gasteiger partial charge in [0, 0.05) is 24.5 Å². The van der Waals surface area contributed by atoms with Gasteiger partial charge in [0.05, 0.1) is 33.0 Å². The number of aromatic nitrogens is 3. The zero-order valence-corrected chi connectivity index (χ0v) is 21.1. The van der Waals surface area contributed by atoms with Crippen molar-refractivity contribution in [2.45, 2.75) is 46.7 Å². The van der Waals surface area contributed by atoms with Crippen molar-refractivity contribution in [3.05, 3.63) is 35.0 Å². The molecule has 0 aliphatic carbocycles. The summed E-state index contributed by atoms with van der Waals surface area (Å²) >= 11 is 1.22. The Hall–Kier alpha value is -2.79. The van der Waals surface area contributed by atoms with Crippen LogP contribution in [0.15, 0.2) is 24.5 Å². The Labute approximate surface area is 197 Å². The number of sulfone groups is 1. The van der Waals surface area contributed by atoms with Crippen LogP contribution in [-0.4, -0.2) is 59.3 Å². The predicted molar refractivity (Wildman–Crippen MR) is 130 cm³/mol. The SMILES string of the molecule is CC(CS(C)(=O)=O)NC(=O)c1ccc(-c2cnc3[nH]cc(C(=O)NC(C)C(C)(C)C)c3n2)s1. The maximum Gasteiger partial charge on any atom is 0.261 e. The van der Waals surface area contributed by atoms with Crippen LogP contribution in [0.3, 0.4) is 0 Å². The second-order valence-corrected chi connectivity index (χ2v) is 12.6. The average molecular weight is 492 g/mol. The van der Waals surface area contributed by atoms with Gasteiger partial charge >= 0.3 is 0 Å². The first-order valence-electron chi connectivity index (χ1n) is 10.5. The van der Waals surface area contributed by atoms with E-state index in [4.69, 9.17) is 0 Å². The fourth-order valence-electron chi connectivity index (χ4n) is 3.06. The molecule has 3 aromatic rings. The summed E-state index contributed by atoms with van der Waals surface area (Å²) in [5.41, 5.74) is 1.79. The number of H-pyrrole nitrogens is 1. The first-order chi connectivity index (χ1) is 15.2. The van der Waals surface area contributed by atoms with E-state index < -0.39 is 15.9 Å². The molecule has 178 valence electrons. The summed E-state index contributed by atoms with van der Waals surface area (Å²) in [5.74, 6) is -0.721. The minimum atomic E-state index is -3.20. The van der Waals surface area contributed by atoms with Crippen molar-refractivity contribution in [1.29, 1.82) is 0 Å². The smallest absolute Gasteiger partial charge is 0.261 e. The molecule has 0 fully saturated rings. The van der Waals surface area contributed by atoms with Gasteiger partial charge < -0.3 is 15.6 Å². The van der Waals surface area contributed by atoms with Crippen molar-refractivity contribution < 1.29 is 18.0 Å². The molecule has 11 heteroatoms. The standard InChI is InChI=1S/C22H29N5O4S2/c1-12(11-33(6,30)31)25-21(29)17-8-7-16(32-17)15-10-24-19-18(27-15)14(9-23-19)20(28)26-13(2)22(3,4)5/h7-10,12-13H,11H2,1-6H3,(H,23,24)(H,25,29)(H,26,28). The van der Waals surface area contributed by atoms with Crippen molar-refractivity contribution in [3.8, 4) is 10.6 Å². The van der Waals surface area contributed by atoms with E-state index >= 15 is 0 Å². The molecule has 0 aliphatic rings. The summed E-state index contributed by atoms with van der Waals surface area (Å²) in [7, 11) is -3.20. The number of rotatable bonds is 7. The molecule has 0 saturated carbocycles. The Morgan fingerprint density at radius 2 is 1.85 bits per heavy atom. The minimum Gasteiger partial charge on any atom is -0.349 e. The van der Waals surface area contributed by atoms with Crippen LogP contribution in [-0.2, 0) is 9.84 Å². The van der Waals surface area contributed by atoms with Gasteiger partial charge in [0.15, 0.2) is 5.65 Å². The lowest BCUT2D eigenvalue weighted by Crippen LogP contribution is -2.41. The van der Waals surface area contributed by atoms with Crippen LogP contribution in [0.25, 0.3) is 21.7 Å². The van der Waals surface area contributed by atoms with E-state index in [0.717, 1.165) is 6.26 Å². The number of hydrogen-bond acceptors (Lipinski definition) is 7. The third kappa shape index (κ3) is 6.17. The molecule has 0 radical (unpaired) electrons. The van der Waals surface area contributed by atoms with Crippen LogP contribution >= 0.6 is 11.3 Å². The van der Waals surface area contributed by atoms with E-state index in [0.29, 0.717) is 32.2 Å². The van der Waals surface area contributed by atoms with E-state index in [1.807, 2.05) is 6.92 Å². The second kappa shape index (κ2) is 9.22. The second-order valence-electron chi connectivity index (χ2n) is 9.35. The number of carbonyl (C=O) groups is 2. The van der Waals surface area contributed by atoms with Crippen LogP contribution in [0, 0.1) is 5.41 Å². The molecular weight excluding hydrogens is 462 g/mol. The van der Waals surface area contributed by atoms with Crippen LogP contribution < -0.4 is 10.6 Å². The predicted octanol–water partition coefficient (Wildman–Crippen LogP) is 3.01. The fourth-order valence-corrected chi connectivity index (χ4v) is 4.92. The lowest BCUT2D eigenvalue weighted by atomic mass is 9.88. The van der Waals surface area contributed by atoms with E-state index in [-0.39, 0.29) is 29.0 Å². The van der Waals surface area contributed by atoms with Crippen molar-refractivity contribution in [1.82, 2.24) is 25.6 Å². The number of fused-ring (bicyclic) bond motifs is 1. The molecule has 3 heterocycles. The van der Waals surface area contributed by atoms with Gasteiger partial charge in [-0.1, -0.05) is 20.8 Å². The minimum absolute atomic E-state index is 0.0467. The van der Waals surface area contributed by atoms with Crippen molar-refractivity contribution in [3.63, 3.8) is 0 Å². The maximum atomic E-state index is 12.8. The highest BCUT2D eigenvalue weighted by molar-refractivity contribution is 7.90. The van der Waals surface area contributed by atoms with Crippen LogP contribution in [0.1, 0.15) is 54.6 Å². The first kappa shape index (κ1) is 24.8. The van der Waals surface area contributed by atoms with Gasteiger partial charge in [-0.2, -0.15) is 0 Å². The van der Waals surface area contributed by atoms with Crippen molar-refractivity contribution in [2.75, 3.05) is 12.0 Å². The average Bonchev–Trinajstić information content (AvgIpc) is 3.32. The number of nitrogens with zero attached hydrogens (tertiary/aromatic N) is 2. The summed E-state index contributed by atoms with van der Waals surface area (Å²) in [5, 5.41) is 5.70. The number of amides is 2. The molecule has 9 nitrogen and oxygen atoms in total. The van der Waals surface area contributed by atoms with Gasteiger partial charge in [0.1, 0.15) is 15.4 Å². The van der Waals surface area contributed by atoms with Crippen molar-refractivity contribution >= 4 is 44.2 Å². The monoisotopic (exact) mass is 491 g/mol. The lowest BCUT2D eigenvalue weighted by Gasteiger charge is -2.27. The number of carbonyl (C=O) groups excluding carboxylic acids is 2. The Bertz CT molecular complexity index is 1290. The number of thiophene rings is 1. The summed E-state index contributed by atoms with van der Waals surface area (Å²) in [6, 6.07) is 2.86. The molecular formula is C22H29N5O4S2. The summed E-state index contributed by atoms with van der Waals surface area (Å²) in [6.07, 6.45) is 4.31. The maximum absolute atomic E-state index is 12.8. The van der Waals surface area contributed by atoms with E-state index in [9.17, 15) is 18.0 Å². The number of hydrogen-bond donors (Lipinski definition) is 3. The molecule has 3 aromatic heterocycles. The van der Waals surface area contributed by atoms with Crippen molar-refractivity contribution in [2.24, 2.45) is 5.41 Å². The molecule has 0 spiro atoms. The molecule has 3 N–H and O–H groups in total. The summed E-state index contributed by atoms with van der Waals surface area (Å²) in [6.45, 7) is 9.76. The van der Waals surface area contributed by atoms with Gasteiger partial charge in [0.2, 0.25) is 0 Å². The van der Waals surface area contributed by atoms with E-state index in [2.05, 4.69) is 46.4 Å². The molecule has 33 heavy (non-hydrogen) atoms. The summed E-state index contributed by atoms with van der Waals surface area (Å²) in [4.78, 5) is 38.4. The summed E-state index contributed by atoms with van der Waals surface area (Å²) < 4.78 is 22.8. The highest BCUT2D eigenvalue weighted by Crippen LogP contribution is 2.28. The third-order valence-electron chi connectivity index (χ3n) is 5.28. The third-order valence-corrected chi connectivity index (χ3v) is 7.50. The van der Waals surface area contributed by atoms with E-state index in [1.165, 1.54) is 11.3 Å². The Kier molecular flexibility index (Phi) is 6.94. The molecule has 2 unspecified atom stereocenters. The molecule has 3 rings (SSSR count). The van der Waals surface area contributed by atoms with Crippen LogP contribution in [0.5, 0.6) is 0 Å². The van der Waals surface area contributed by atoms with Crippen LogP contribution in [0.4, 0.5) is 0 Å². The Balaban J connectivity index is 1.81. The number of aromatic amines is 1. The van der Waals surface area contributed by atoms with Crippen LogP contribution in [0.2, 0.25) is 0 Å². The largest absolute Gasteiger partial charge is 0.349 e. The first-order valence-corrected chi connectivity index (χ1v) is 13.4. The normalized spacial score (nSPS) is 14.1. The molecule has 2 amide bonds. The Morgan fingerprint density at radius 3 is 2.48 bits per heavy atom. The highest BCUT2D eigenvalue weighted by atomic mass is 32.2. The van der Waals surface area contributed by atoms with Gasteiger partial charge in [-0.3, -0.25) is 9.59 Å². The van der Waals surface area contributed by atoms with Gasteiger partial charge in [0.25, 0.3) is 11.8 Å². The Morgan fingerprint density at radius 1 is 1.15 bits per heavy atom. The zero-order valence-electron chi connectivity index (χ0n) is 19.5. The zero-order chi connectivity index (χ0) is 24.6. The highest BCUT2D eigenvalue weighted by Gasteiger charge is 2.24. The molecule has 0 bridgehead atoms. The quantitative estimate of drug-likeness (QED) is 0.465.